The normalized spacial score (nSPS) is 25.8. The number of hydrogen-bond donors (Lipinski definition) is 2. The number of rotatable bonds is 7. The van der Waals surface area contributed by atoms with Crippen LogP contribution in [0.15, 0.2) is 28.0 Å². The lowest BCUT2D eigenvalue weighted by atomic mass is 9.82. The van der Waals surface area contributed by atoms with Gasteiger partial charge < -0.3 is 14.4 Å². The molecule has 0 aromatic carbocycles. The Balaban J connectivity index is 1.59. The lowest BCUT2D eigenvalue weighted by molar-refractivity contribution is -0.157. The smallest absolute Gasteiger partial charge is 0.313 e. The summed E-state index contributed by atoms with van der Waals surface area (Å²) in [5.74, 6) is -1.41. The number of aromatic nitrogens is 4. The van der Waals surface area contributed by atoms with Gasteiger partial charge in [0.05, 0.1) is 12.3 Å². The Morgan fingerprint density at radius 1 is 1.61 bits per heavy atom. The Hall–Kier alpha value is -3.05. The number of fused-ring (bicyclic) bond motifs is 1. The number of amides is 2. The van der Waals surface area contributed by atoms with Gasteiger partial charge in [-0.25, -0.2) is 5.10 Å². The average molecular weight is 464 g/mol. The summed E-state index contributed by atoms with van der Waals surface area (Å²) in [6.07, 6.45) is 1.35. The standard InChI is InChI=1S/C17H17N7O5S2/c1-9(25)24(11-3-2-6-29-11)12-13(26)23-7-17(15(27)28,8-30-14(12)23)10(4-5-18)31-16-19-21-22-20-16/h2-3,6,10,12,14H,4,7-8H2,1H3,(H,27,28)(H,19,20,21,22)/t10?,12?,14-,17?/m1/s1. The second kappa shape index (κ2) is 8.23. The van der Waals surface area contributed by atoms with Crippen molar-refractivity contribution in [3.05, 3.63) is 18.4 Å². The highest BCUT2D eigenvalue weighted by Crippen LogP contribution is 2.49. The first-order chi connectivity index (χ1) is 14.9. The number of β-lactam (4-membered cyclic amide) rings is 1. The number of hydrogen-bond acceptors (Lipinski definition) is 10. The van der Waals surface area contributed by atoms with Crippen LogP contribution in [0.5, 0.6) is 0 Å². The van der Waals surface area contributed by atoms with E-state index in [0.29, 0.717) is 5.16 Å². The summed E-state index contributed by atoms with van der Waals surface area (Å²) in [5.41, 5.74) is -1.39. The molecular weight excluding hydrogens is 446 g/mol. The van der Waals surface area contributed by atoms with Gasteiger partial charge in [-0.15, -0.1) is 16.9 Å². The van der Waals surface area contributed by atoms with E-state index in [-0.39, 0.29) is 36.4 Å². The van der Waals surface area contributed by atoms with Crippen LogP contribution in [0, 0.1) is 16.7 Å². The minimum absolute atomic E-state index is 0.0691. The zero-order chi connectivity index (χ0) is 22.2. The maximum atomic E-state index is 13.0. The van der Waals surface area contributed by atoms with Gasteiger partial charge in [0.2, 0.25) is 22.9 Å². The summed E-state index contributed by atoms with van der Waals surface area (Å²) in [4.78, 5) is 40.4. The molecule has 4 rings (SSSR count). The monoisotopic (exact) mass is 463 g/mol. The second-order valence-corrected chi connectivity index (χ2v) is 9.39. The molecule has 31 heavy (non-hydrogen) atoms. The van der Waals surface area contributed by atoms with Gasteiger partial charge in [0, 0.05) is 37.0 Å². The van der Waals surface area contributed by atoms with Crippen LogP contribution in [0.3, 0.4) is 0 Å². The molecule has 2 fully saturated rings. The fourth-order valence-electron chi connectivity index (χ4n) is 3.80. The van der Waals surface area contributed by atoms with Crippen molar-refractivity contribution in [2.75, 3.05) is 17.2 Å². The zero-order valence-electron chi connectivity index (χ0n) is 16.2. The number of nitrogens with zero attached hydrogens (tertiary/aromatic N) is 6. The second-order valence-electron chi connectivity index (χ2n) is 7.09. The molecule has 0 saturated carbocycles. The first-order valence-electron chi connectivity index (χ1n) is 9.15. The molecule has 4 atom stereocenters. The number of carboxylic acid groups (broad SMARTS) is 1. The molecule has 2 N–H and O–H groups in total. The minimum Gasteiger partial charge on any atom is -0.481 e. The first kappa shape index (κ1) is 21.2. The lowest BCUT2D eigenvalue weighted by Gasteiger charge is -2.56. The third-order valence-electron chi connectivity index (χ3n) is 5.34. The van der Waals surface area contributed by atoms with Crippen molar-refractivity contribution in [1.29, 1.82) is 5.26 Å². The third kappa shape index (κ3) is 3.53. The van der Waals surface area contributed by atoms with Crippen LogP contribution in [0.4, 0.5) is 5.88 Å². The van der Waals surface area contributed by atoms with Crippen molar-refractivity contribution in [1.82, 2.24) is 25.5 Å². The molecule has 0 bridgehead atoms. The fourth-order valence-corrected chi connectivity index (χ4v) is 6.66. The van der Waals surface area contributed by atoms with E-state index in [0.717, 1.165) is 11.8 Å². The summed E-state index contributed by atoms with van der Waals surface area (Å²) in [5, 5.41) is 31.9. The van der Waals surface area contributed by atoms with Crippen molar-refractivity contribution in [3.8, 4) is 6.07 Å². The van der Waals surface area contributed by atoms with E-state index in [1.807, 2.05) is 6.07 Å². The van der Waals surface area contributed by atoms with Crippen LogP contribution in [-0.4, -0.2) is 77.4 Å². The molecule has 2 aromatic rings. The van der Waals surface area contributed by atoms with Crippen molar-refractivity contribution in [3.63, 3.8) is 0 Å². The molecule has 2 aliphatic rings. The summed E-state index contributed by atoms with van der Waals surface area (Å²) < 4.78 is 5.32. The van der Waals surface area contributed by atoms with Crippen LogP contribution < -0.4 is 4.90 Å². The average Bonchev–Trinajstić information content (AvgIpc) is 3.44. The van der Waals surface area contributed by atoms with E-state index in [4.69, 9.17) is 4.42 Å². The number of anilines is 1. The largest absolute Gasteiger partial charge is 0.481 e. The summed E-state index contributed by atoms with van der Waals surface area (Å²) in [6.45, 7) is 1.26. The SMILES string of the molecule is CC(=O)N(c1ccco1)C1C(=O)N2CC(C(=O)O)(C(CC#N)Sc3nnn[nH]3)CS[C@H]12. The number of thioether (sulfide) groups is 2. The molecule has 2 saturated heterocycles. The third-order valence-corrected chi connectivity index (χ3v) is 8.17. The van der Waals surface area contributed by atoms with Crippen LogP contribution in [0.25, 0.3) is 0 Å². The maximum Gasteiger partial charge on any atom is 0.313 e. The predicted octanol–water partition coefficient (Wildman–Crippen LogP) is 0.575. The number of aliphatic carboxylic acids is 1. The Kier molecular flexibility index (Phi) is 5.63. The fraction of sp³-hybridized carbons (Fsp3) is 0.471. The van der Waals surface area contributed by atoms with Gasteiger partial charge >= 0.3 is 5.97 Å². The Bertz CT molecular complexity index is 1020. The van der Waals surface area contributed by atoms with Crippen molar-refractivity contribution >= 4 is 47.2 Å². The Morgan fingerprint density at radius 3 is 3.00 bits per heavy atom. The molecule has 4 heterocycles. The van der Waals surface area contributed by atoms with Crippen LogP contribution in [0.1, 0.15) is 13.3 Å². The van der Waals surface area contributed by atoms with E-state index >= 15 is 0 Å². The number of nitrogens with one attached hydrogen (secondary N) is 1. The number of tetrazole rings is 1. The Morgan fingerprint density at radius 2 is 2.42 bits per heavy atom. The zero-order valence-corrected chi connectivity index (χ0v) is 17.8. The van der Waals surface area contributed by atoms with E-state index in [1.54, 1.807) is 12.1 Å². The molecule has 0 aliphatic carbocycles. The lowest BCUT2D eigenvalue weighted by Crippen LogP contribution is -2.75. The highest BCUT2D eigenvalue weighted by Gasteiger charge is 2.62. The highest BCUT2D eigenvalue weighted by atomic mass is 32.2. The molecule has 0 spiro atoms. The molecule has 2 aromatic heterocycles. The molecule has 3 unspecified atom stereocenters. The number of nitriles is 1. The number of carbonyl (C=O) groups is 3. The quantitative estimate of drug-likeness (QED) is 0.435. The topological polar surface area (TPSA) is 169 Å². The van der Waals surface area contributed by atoms with Crippen molar-refractivity contribution < 1.29 is 23.9 Å². The van der Waals surface area contributed by atoms with Crippen molar-refractivity contribution in [2.24, 2.45) is 5.41 Å². The maximum absolute atomic E-state index is 13.0. The molecule has 162 valence electrons. The summed E-state index contributed by atoms with van der Waals surface area (Å²) in [6, 6.07) is 4.47. The van der Waals surface area contributed by atoms with Gasteiger partial charge in [0.15, 0.2) is 0 Å². The molecule has 2 amide bonds. The van der Waals surface area contributed by atoms with Crippen molar-refractivity contribution in [2.45, 2.75) is 35.2 Å². The molecule has 12 nitrogen and oxygen atoms in total. The number of furan rings is 1. The van der Waals surface area contributed by atoms with E-state index in [2.05, 4.69) is 20.6 Å². The number of aromatic amines is 1. The molecule has 14 heteroatoms. The number of carbonyl (C=O) groups excluding carboxylic acids is 2. The van der Waals surface area contributed by atoms with Gasteiger partial charge in [-0.1, -0.05) is 11.8 Å². The number of carboxylic acids is 1. The predicted molar refractivity (Wildman–Crippen MR) is 108 cm³/mol. The Labute approximate surface area is 184 Å². The van der Waals surface area contributed by atoms with Crippen LogP contribution in [0.2, 0.25) is 0 Å². The minimum atomic E-state index is -1.39. The van der Waals surface area contributed by atoms with Crippen LogP contribution >= 0.6 is 23.5 Å². The first-order valence-corrected chi connectivity index (χ1v) is 11.1. The van der Waals surface area contributed by atoms with Gasteiger partial charge in [0.25, 0.3) is 0 Å². The molecular formula is C17H17N7O5S2. The van der Waals surface area contributed by atoms with E-state index in [9.17, 15) is 24.8 Å². The summed E-state index contributed by atoms with van der Waals surface area (Å²) >= 11 is 2.34. The van der Waals surface area contributed by atoms with E-state index in [1.165, 1.54) is 34.7 Å². The van der Waals surface area contributed by atoms with Gasteiger partial charge in [-0.05, 0) is 16.5 Å². The van der Waals surface area contributed by atoms with Gasteiger partial charge in [-0.3, -0.25) is 19.3 Å². The van der Waals surface area contributed by atoms with Crippen LogP contribution in [-0.2, 0) is 14.4 Å². The molecule has 2 aliphatic heterocycles. The van der Waals surface area contributed by atoms with E-state index < -0.39 is 28.0 Å². The number of H-pyrrole nitrogens is 1. The van der Waals surface area contributed by atoms with Gasteiger partial charge in [-0.2, -0.15) is 5.26 Å². The summed E-state index contributed by atoms with van der Waals surface area (Å²) in [7, 11) is 0. The molecule has 0 radical (unpaired) electrons. The van der Waals surface area contributed by atoms with Gasteiger partial charge in [0.1, 0.15) is 16.8 Å². The highest BCUT2D eigenvalue weighted by molar-refractivity contribution is 8.01.